The summed E-state index contributed by atoms with van der Waals surface area (Å²) in [5, 5.41) is 2.62. The Labute approximate surface area is 93.6 Å². The number of methoxy groups -OCH3 is 1. The molecular formula is C11H14N2O3. The van der Waals surface area contributed by atoms with Gasteiger partial charge in [-0.25, -0.2) is 0 Å². The van der Waals surface area contributed by atoms with Gasteiger partial charge in [0.15, 0.2) is 0 Å². The monoisotopic (exact) mass is 222 g/mol. The highest BCUT2D eigenvalue weighted by Gasteiger charge is 2.13. The molecule has 0 saturated heterocycles. The van der Waals surface area contributed by atoms with Gasteiger partial charge in [-0.05, 0) is 12.1 Å². The minimum absolute atomic E-state index is 0.220. The van der Waals surface area contributed by atoms with Crippen molar-refractivity contribution in [1.82, 2.24) is 5.32 Å². The first-order valence-electron chi connectivity index (χ1n) is 4.82. The van der Waals surface area contributed by atoms with Gasteiger partial charge in [-0.15, -0.1) is 0 Å². The molecular weight excluding hydrogens is 208 g/mol. The van der Waals surface area contributed by atoms with E-state index in [1.807, 2.05) is 0 Å². The van der Waals surface area contributed by atoms with Crippen molar-refractivity contribution in [2.45, 2.75) is 0 Å². The topological polar surface area (TPSA) is 81.4 Å². The van der Waals surface area contributed by atoms with Crippen LogP contribution in [0.2, 0.25) is 0 Å². The second kappa shape index (κ2) is 5.87. The first-order chi connectivity index (χ1) is 7.66. The molecule has 1 aromatic rings. The number of nitrogens with two attached hydrogens (primary N) is 1. The fourth-order valence-corrected chi connectivity index (χ4v) is 1.26. The third kappa shape index (κ3) is 3.06. The maximum absolute atomic E-state index is 11.7. The Kier molecular flexibility index (Phi) is 4.47. The third-order valence-corrected chi connectivity index (χ3v) is 2.03. The summed E-state index contributed by atoms with van der Waals surface area (Å²) >= 11 is 0. The van der Waals surface area contributed by atoms with Gasteiger partial charge in [-0.2, -0.15) is 0 Å². The summed E-state index contributed by atoms with van der Waals surface area (Å²) < 4.78 is 4.80. The summed E-state index contributed by atoms with van der Waals surface area (Å²) in [5.74, 6) is -0.941. The number of ether oxygens (including phenoxy) is 1. The van der Waals surface area contributed by atoms with E-state index >= 15 is 0 Å². The van der Waals surface area contributed by atoms with E-state index in [0.29, 0.717) is 13.2 Å². The maximum Gasteiger partial charge on any atom is 0.252 e. The van der Waals surface area contributed by atoms with Crippen molar-refractivity contribution in [3.8, 4) is 0 Å². The fraction of sp³-hybridized carbons (Fsp3) is 0.273. The molecule has 0 spiro atoms. The fourth-order valence-electron chi connectivity index (χ4n) is 1.26. The Morgan fingerprint density at radius 1 is 1.31 bits per heavy atom. The predicted molar refractivity (Wildman–Crippen MR) is 59.2 cm³/mol. The van der Waals surface area contributed by atoms with Gasteiger partial charge in [0.05, 0.1) is 17.7 Å². The zero-order chi connectivity index (χ0) is 12.0. The Hall–Kier alpha value is -1.88. The van der Waals surface area contributed by atoms with E-state index < -0.39 is 5.91 Å². The summed E-state index contributed by atoms with van der Waals surface area (Å²) in [5.41, 5.74) is 5.67. The number of hydrogen-bond donors (Lipinski definition) is 2. The standard InChI is InChI=1S/C11H14N2O3/c1-16-7-6-13-11(15)9-5-3-2-4-8(9)10(12)14/h2-5H,6-7H2,1H3,(H2,12,14)(H,13,15). The van der Waals surface area contributed by atoms with Gasteiger partial charge < -0.3 is 15.8 Å². The van der Waals surface area contributed by atoms with Gasteiger partial charge >= 0.3 is 0 Å². The van der Waals surface area contributed by atoms with Crippen LogP contribution in [0.3, 0.4) is 0 Å². The largest absolute Gasteiger partial charge is 0.383 e. The number of hydrogen-bond acceptors (Lipinski definition) is 3. The molecule has 5 heteroatoms. The highest BCUT2D eigenvalue weighted by molar-refractivity contribution is 6.06. The van der Waals surface area contributed by atoms with Gasteiger partial charge in [0, 0.05) is 13.7 Å². The molecule has 0 fully saturated rings. The van der Waals surface area contributed by atoms with Gasteiger partial charge in [-0.1, -0.05) is 12.1 Å². The molecule has 0 aliphatic rings. The molecule has 0 aliphatic carbocycles. The van der Waals surface area contributed by atoms with Gasteiger partial charge in [-0.3, -0.25) is 9.59 Å². The molecule has 0 saturated carbocycles. The first-order valence-corrected chi connectivity index (χ1v) is 4.82. The van der Waals surface area contributed by atoms with Gasteiger partial charge in [0.2, 0.25) is 5.91 Å². The lowest BCUT2D eigenvalue weighted by atomic mass is 10.1. The highest BCUT2D eigenvalue weighted by Crippen LogP contribution is 2.07. The van der Waals surface area contributed by atoms with Crippen LogP contribution in [-0.2, 0) is 4.74 Å². The number of amides is 2. The van der Waals surface area contributed by atoms with Crippen LogP contribution in [0.4, 0.5) is 0 Å². The molecule has 0 aromatic heterocycles. The SMILES string of the molecule is COCCNC(=O)c1ccccc1C(N)=O. The lowest BCUT2D eigenvalue weighted by Crippen LogP contribution is -2.29. The molecule has 1 rings (SSSR count). The molecule has 0 heterocycles. The molecule has 86 valence electrons. The van der Waals surface area contributed by atoms with Crippen molar-refractivity contribution in [2.75, 3.05) is 20.3 Å². The third-order valence-electron chi connectivity index (χ3n) is 2.03. The molecule has 0 bridgehead atoms. The van der Waals surface area contributed by atoms with Crippen LogP contribution in [0.5, 0.6) is 0 Å². The van der Waals surface area contributed by atoms with E-state index in [9.17, 15) is 9.59 Å². The van der Waals surface area contributed by atoms with E-state index in [1.54, 1.807) is 25.3 Å². The van der Waals surface area contributed by atoms with Crippen LogP contribution in [0.1, 0.15) is 20.7 Å². The molecule has 16 heavy (non-hydrogen) atoms. The molecule has 0 radical (unpaired) electrons. The lowest BCUT2D eigenvalue weighted by molar-refractivity contribution is 0.0923. The van der Waals surface area contributed by atoms with Crippen LogP contribution >= 0.6 is 0 Å². The van der Waals surface area contributed by atoms with E-state index in [1.165, 1.54) is 6.07 Å². The van der Waals surface area contributed by atoms with Crippen LogP contribution in [0, 0.1) is 0 Å². The second-order valence-electron chi connectivity index (χ2n) is 3.16. The van der Waals surface area contributed by atoms with E-state index in [0.717, 1.165) is 0 Å². The molecule has 0 aliphatic heterocycles. The molecule has 5 nitrogen and oxygen atoms in total. The predicted octanol–water partition coefficient (Wildman–Crippen LogP) is 0.162. The van der Waals surface area contributed by atoms with Crippen LogP contribution < -0.4 is 11.1 Å². The van der Waals surface area contributed by atoms with Crippen molar-refractivity contribution in [1.29, 1.82) is 0 Å². The maximum atomic E-state index is 11.7. The Morgan fingerprint density at radius 2 is 1.94 bits per heavy atom. The van der Waals surface area contributed by atoms with Crippen molar-refractivity contribution < 1.29 is 14.3 Å². The van der Waals surface area contributed by atoms with Crippen LogP contribution in [-0.4, -0.2) is 32.1 Å². The molecule has 2 amide bonds. The number of primary amides is 1. The summed E-state index contributed by atoms with van der Waals surface area (Å²) in [6.07, 6.45) is 0. The van der Waals surface area contributed by atoms with Crippen molar-refractivity contribution in [3.05, 3.63) is 35.4 Å². The smallest absolute Gasteiger partial charge is 0.252 e. The van der Waals surface area contributed by atoms with E-state index in [-0.39, 0.29) is 17.0 Å². The van der Waals surface area contributed by atoms with Gasteiger partial charge in [0.25, 0.3) is 5.91 Å². The zero-order valence-corrected chi connectivity index (χ0v) is 9.03. The molecule has 0 unspecified atom stereocenters. The number of rotatable bonds is 5. The van der Waals surface area contributed by atoms with Crippen molar-refractivity contribution in [2.24, 2.45) is 5.73 Å². The summed E-state index contributed by atoms with van der Waals surface area (Å²) in [7, 11) is 1.55. The minimum Gasteiger partial charge on any atom is -0.383 e. The molecule has 0 atom stereocenters. The number of benzene rings is 1. The Morgan fingerprint density at radius 3 is 2.50 bits per heavy atom. The normalized spacial score (nSPS) is 9.81. The second-order valence-corrected chi connectivity index (χ2v) is 3.16. The summed E-state index contributed by atoms with van der Waals surface area (Å²) in [6.45, 7) is 0.812. The quantitative estimate of drug-likeness (QED) is 0.696. The average Bonchev–Trinajstić information content (AvgIpc) is 2.29. The summed E-state index contributed by atoms with van der Waals surface area (Å²) in [6, 6.07) is 6.42. The number of nitrogens with one attached hydrogen (secondary N) is 1. The lowest BCUT2D eigenvalue weighted by Gasteiger charge is -2.07. The minimum atomic E-state index is -0.613. The summed E-state index contributed by atoms with van der Waals surface area (Å²) in [4.78, 5) is 22.7. The Bertz CT molecular complexity index is 391. The molecule has 1 aromatic carbocycles. The number of carbonyl (C=O) groups excluding carboxylic acids is 2. The van der Waals surface area contributed by atoms with Crippen molar-refractivity contribution in [3.63, 3.8) is 0 Å². The van der Waals surface area contributed by atoms with Crippen LogP contribution in [0.15, 0.2) is 24.3 Å². The zero-order valence-electron chi connectivity index (χ0n) is 9.03. The first kappa shape index (κ1) is 12.2. The van der Waals surface area contributed by atoms with E-state index in [4.69, 9.17) is 10.5 Å². The average molecular weight is 222 g/mol. The number of carbonyl (C=O) groups is 2. The Balaban J connectivity index is 2.78. The molecule has 3 N–H and O–H groups in total. The van der Waals surface area contributed by atoms with Crippen molar-refractivity contribution >= 4 is 11.8 Å². The van der Waals surface area contributed by atoms with Gasteiger partial charge in [0.1, 0.15) is 0 Å². The van der Waals surface area contributed by atoms with Crippen LogP contribution in [0.25, 0.3) is 0 Å². The van der Waals surface area contributed by atoms with E-state index in [2.05, 4.69) is 5.32 Å². The highest BCUT2D eigenvalue weighted by atomic mass is 16.5.